The molecule has 2 heterocycles. The SMILES string of the molecule is COC(=O)[C@H](Cc1ccc(C#N)cc1)Nc1ncnc(Nc2cccc(CN3CCN(C(=O)OC(C)(C)C)CC3)c2)n1. The maximum Gasteiger partial charge on any atom is 0.410 e. The molecule has 220 valence electrons. The van der Waals surface area contributed by atoms with Gasteiger partial charge in [-0.05, 0) is 56.2 Å². The van der Waals surface area contributed by atoms with E-state index >= 15 is 0 Å². The fourth-order valence-corrected chi connectivity index (χ4v) is 4.42. The minimum Gasteiger partial charge on any atom is -0.467 e. The van der Waals surface area contributed by atoms with E-state index in [1.165, 1.54) is 13.4 Å². The largest absolute Gasteiger partial charge is 0.467 e. The monoisotopic (exact) mass is 572 g/mol. The molecule has 42 heavy (non-hydrogen) atoms. The third kappa shape index (κ3) is 8.87. The highest BCUT2D eigenvalue weighted by molar-refractivity contribution is 5.79. The number of anilines is 3. The van der Waals surface area contributed by atoms with E-state index in [9.17, 15) is 9.59 Å². The zero-order valence-electron chi connectivity index (χ0n) is 24.3. The van der Waals surface area contributed by atoms with Crippen molar-refractivity contribution in [2.45, 2.75) is 45.4 Å². The van der Waals surface area contributed by atoms with Crippen molar-refractivity contribution in [1.82, 2.24) is 24.8 Å². The lowest BCUT2D eigenvalue weighted by Crippen LogP contribution is -2.49. The number of methoxy groups -OCH3 is 1. The molecule has 0 aliphatic carbocycles. The number of amides is 1. The molecule has 1 saturated heterocycles. The van der Waals surface area contributed by atoms with Gasteiger partial charge in [0.1, 0.15) is 18.0 Å². The first-order valence-corrected chi connectivity index (χ1v) is 13.7. The molecular weight excluding hydrogens is 536 g/mol. The first-order valence-electron chi connectivity index (χ1n) is 13.7. The highest BCUT2D eigenvalue weighted by Crippen LogP contribution is 2.19. The van der Waals surface area contributed by atoms with Gasteiger partial charge in [-0.2, -0.15) is 10.2 Å². The van der Waals surface area contributed by atoms with E-state index in [-0.39, 0.29) is 12.0 Å². The summed E-state index contributed by atoms with van der Waals surface area (Å²) in [7, 11) is 1.32. The molecule has 3 aromatic rings. The molecule has 1 atom stereocenters. The molecule has 0 unspecified atom stereocenters. The molecule has 1 aliphatic heterocycles. The van der Waals surface area contributed by atoms with Crippen LogP contribution in [0.5, 0.6) is 0 Å². The van der Waals surface area contributed by atoms with E-state index in [4.69, 9.17) is 14.7 Å². The molecule has 2 N–H and O–H groups in total. The van der Waals surface area contributed by atoms with Crippen LogP contribution in [0.3, 0.4) is 0 Å². The lowest BCUT2D eigenvalue weighted by molar-refractivity contribution is -0.141. The van der Waals surface area contributed by atoms with Crippen molar-refractivity contribution in [1.29, 1.82) is 5.26 Å². The Kier molecular flexibility index (Phi) is 9.88. The van der Waals surface area contributed by atoms with Gasteiger partial charge in [0.25, 0.3) is 0 Å². The molecule has 2 aromatic carbocycles. The van der Waals surface area contributed by atoms with Crippen LogP contribution in [0.15, 0.2) is 54.9 Å². The minimum absolute atomic E-state index is 0.218. The summed E-state index contributed by atoms with van der Waals surface area (Å²) in [6.07, 6.45) is 1.41. The predicted octanol–water partition coefficient (Wildman–Crippen LogP) is 3.74. The molecule has 0 spiro atoms. The zero-order valence-corrected chi connectivity index (χ0v) is 24.3. The van der Waals surface area contributed by atoms with Crippen molar-refractivity contribution < 1.29 is 19.1 Å². The number of rotatable bonds is 9. The Bertz CT molecular complexity index is 1410. The van der Waals surface area contributed by atoms with Crippen molar-refractivity contribution in [3.8, 4) is 6.07 Å². The average Bonchev–Trinajstić information content (AvgIpc) is 2.96. The summed E-state index contributed by atoms with van der Waals surface area (Å²) in [6.45, 7) is 9.08. The number of nitrogens with one attached hydrogen (secondary N) is 2. The number of carbonyl (C=O) groups excluding carboxylic acids is 2. The van der Waals surface area contributed by atoms with E-state index in [1.807, 2.05) is 39.0 Å². The number of carbonyl (C=O) groups is 2. The second-order valence-electron chi connectivity index (χ2n) is 10.9. The molecule has 0 radical (unpaired) electrons. The van der Waals surface area contributed by atoms with Crippen LogP contribution in [0.1, 0.15) is 37.5 Å². The Hall–Kier alpha value is -4.76. The van der Waals surface area contributed by atoms with E-state index in [0.29, 0.717) is 31.0 Å². The van der Waals surface area contributed by atoms with Crippen LogP contribution >= 0.6 is 0 Å². The molecule has 1 aliphatic rings. The van der Waals surface area contributed by atoms with E-state index in [2.05, 4.69) is 42.6 Å². The third-order valence-electron chi connectivity index (χ3n) is 6.50. The van der Waals surface area contributed by atoms with Crippen LogP contribution in [-0.4, -0.2) is 81.7 Å². The van der Waals surface area contributed by atoms with Crippen molar-refractivity contribution in [2.24, 2.45) is 0 Å². The molecule has 1 fully saturated rings. The van der Waals surface area contributed by atoms with Gasteiger partial charge in [0.15, 0.2) is 0 Å². The minimum atomic E-state index is -0.739. The van der Waals surface area contributed by atoms with Crippen molar-refractivity contribution >= 4 is 29.6 Å². The van der Waals surface area contributed by atoms with Gasteiger partial charge < -0.3 is 25.0 Å². The summed E-state index contributed by atoms with van der Waals surface area (Å²) in [5, 5.41) is 15.3. The Morgan fingerprint density at radius 2 is 1.74 bits per heavy atom. The molecule has 1 aromatic heterocycles. The number of aromatic nitrogens is 3. The maximum atomic E-state index is 12.5. The van der Waals surface area contributed by atoms with Crippen LogP contribution in [0.25, 0.3) is 0 Å². The summed E-state index contributed by atoms with van der Waals surface area (Å²) in [5.74, 6) is 0.0714. The lowest BCUT2D eigenvalue weighted by Gasteiger charge is -2.35. The molecule has 12 nitrogen and oxygen atoms in total. The fraction of sp³-hybridized carbons (Fsp3) is 0.400. The highest BCUT2D eigenvalue weighted by Gasteiger charge is 2.26. The molecule has 1 amide bonds. The van der Waals surface area contributed by atoms with Crippen LogP contribution in [-0.2, 0) is 27.2 Å². The quantitative estimate of drug-likeness (QED) is 0.362. The fourth-order valence-electron chi connectivity index (χ4n) is 4.42. The van der Waals surface area contributed by atoms with E-state index in [0.717, 1.165) is 36.4 Å². The first kappa shape index (κ1) is 30.2. The average molecular weight is 573 g/mol. The number of piperazine rings is 1. The summed E-state index contributed by atoms with van der Waals surface area (Å²) >= 11 is 0. The summed E-state index contributed by atoms with van der Waals surface area (Å²) in [5.41, 5.74) is 2.80. The molecule has 0 bridgehead atoms. The number of nitrogens with zero attached hydrogens (tertiary/aromatic N) is 6. The Balaban J connectivity index is 1.35. The molecular formula is C30H36N8O4. The molecule has 12 heteroatoms. The Morgan fingerprint density at radius 3 is 2.40 bits per heavy atom. The van der Waals surface area contributed by atoms with Crippen LogP contribution in [0.4, 0.5) is 22.4 Å². The number of hydrogen-bond donors (Lipinski definition) is 2. The van der Waals surface area contributed by atoms with Crippen molar-refractivity contribution in [3.05, 3.63) is 71.5 Å². The summed E-state index contributed by atoms with van der Waals surface area (Å²) in [4.78, 5) is 41.7. The first-order chi connectivity index (χ1) is 20.1. The molecule has 0 saturated carbocycles. The van der Waals surface area contributed by atoms with Gasteiger partial charge in [-0.3, -0.25) is 4.90 Å². The van der Waals surface area contributed by atoms with Gasteiger partial charge in [0, 0.05) is 44.8 Å². The zero-order chi connectivity index (χ0) is 30.1. The topological polar surface area (TPSA) is 146 Å². The standard InChI is InChI=1S/C30H36N8O4/c1-30(2,3)42-29(40)38-14-12-37(13-15-38)19-23-6-5-7-24(16-23)34-27-32-20-33-28(36-27)35-25(26(39)41-4)17-21-8-10-22(18-31)11-9-21/h5-11,16,20,25H,12-15,17,19H2,1-4H3,(H2,32,33,34,35,36)/t25-/m0/s1. The van der Waals surface area contributed by atoms with Gasteiger partial charge in [-0.15, -0.1) is 0 Å². The number of nitriles is 1. The van der Waals surface area contributed by atoms with Gasteiger partial charge in [-0.25, -0.2) is 19.6 Å². The maximum absolute atomic E-state index is 12.5. The smallest absolute Gasteiger partial charge is 0.410 e. The van der Waals surface area contributed by atoms with Crippen molar-refractivity contribution in [2.75, 3.05) is 43.9 Å². The lowest BCUT2D eigenvalue weighted by atomic mass is 10.0. The second kappa shape index (κ2) is 13.7. The number of hydrogen-bond acceptors (Lipinski definition) is 11. The highest BCUT2D eigenvalue weighted by atomic mass is 16.6. The number of ether oxygens (including phenoxy) is 2. The molecule has 4 rings (SSSR count). The van der Waals surface area contributed by atoms with Crippen LogP contribution < -0.4 is 10.6 Å². The Morgan fingerprint density at radius 1 is 1.02 bits per heavy atom. The van der Waals surface area contributed by atoms with Crippen LogP contribution in [0.2, 0.25) is 0 Å². The van der Waals surface area contributed by atoms with Gasteiger partial charge in [-0.1, -0.05) is 24.3 Å². The Labute approximate surface area is 245 Å². The number of benzene rings is 2. The summed E-state index contributed by atoms with van der Waals surface area (Å²) < 4.78 is 10.5. The van der Waals surface area contributed by atoms with Crippen molar-refractivity contribution in [3.63, 3.8) is 0 Å². The van der Waals surface area contributed by atoms with E-state index in [1.54, 1.807) is 29.2 Å². The second-order valence-corrected chi connectivity index (χ2v) is 10.9. The van der Waals surface area contributed by atoms with Gasteiger partial charge in [0.05, 0.1) is 18.7 Å². The summed E-state index contributed by atoms with van der Waals surface area (Å²) in [6, 6.07) is 16.3. The van der Waals surface area contributed by atoms with Gasteiger partial charge in [0.2, 0.25) is 11.9 Å². The van der Waals surface area contributed by atoms with Crippen LogP contribution in [0, 0.1) is 11.3 Å². The predicted molar refractivity (Wildman–Crippen MR) is 157 cm³/mol. The normalized spacial score (nSPS) is 14.4. The van der Waals surface area contributed by atoms with E-state index < -0.39 is 17.6 Å². The van der Waals surface area contributed by atoms with Gasteiger partial charge >= 0.3 is 12.1 Å². The third-order valence-corrected chi connectivity index (χ3v) is 6.50. The number of esters is 1.